The van der Waals surface area contributed by atoms with Crippen LogP contribution in [0.5, 0.6) is 0 Å². The normalized spacial score (nSPS) is 11.2. The number of nitro groups is 1. The zero-order valence-corrected chi connectivity index (χ0v) is 12.7. The number of non-ortho nitro benzene ring substituents is 1. The van der Waals surface area contributed by atoms with Crippen LogP contribution in [0.25, 0.3) is 6.08 Å². The molecule has 126 valence electrons. The zero-order chi connectivity index (χ0) is 17.7. The summed E-state index contributed by atoms with van der Waals surface area (Å²) in [6.45, 7) is -2.82. The zero-order valence-electron chi connectivity index (χ0n) is 12.7. The van der Waals surface area contributed by atoms with Gasteiger partial charge in [-0.3, -0.25) is 19.5 Å². The number of aromatic nitrogens is 2. The minimum Gasteiger partial charge on any atom is -0.335 e. The molecule has 0 aliphatic heterocycles. The van der Waals surface area contributed by atoms with Crippen molar-refractivity contribution in [3.8, 4) is 0 Å². The molecule has 7 nitrogen and oxygen atoms in total. The Morgan fingerprint density at radius 1 is 1.50 bits per heavy atom. The molecule has 0 saturated heterocycles. The first-order valence-electron chi connectivity index (χ1n) is 6.86. The summed E-state index contributed by atoms with van der Waals surface area (Å²) >= 11 is 0. The fourth-order valence-corrected chi connectivity index (χ4v) is 1.97. The standard InChI is InChI=1S/C15H14F2N4O3/c1-19(10-13-18-7-8-20(13)15(16)17)14(22)6-5-11-3-2-4-12(9-11)21(23)24/h2-9,15H,10H2,1H3/b6-5+. The molecule has 9 heteroatoms. The van der Waals surface area contributed by atoms with Crippen molar-refractivity contribution in [1.29, 1.82) is 0 Å². The predicted octanol–water partition coefficient (Wildman–Crippen LogP) is 2.86. The van der Waals surface area contributed by atoms with Gasteiger partial charge in [0.2, 0.25) is 5.91 Å². The van der Waals surface area contributed by atoms with Gasteiger partial charge in [0.15, 0.2) is 0 Å². The van der Waals surface area contributed by atoms with E-state index in [9.17, 15) is 23.7 Å². The third-order valence-corrected chi connectivity index (χ3v) is 3.21. The van der Waals surface area contributed by atoms with Gasteiger partial charge in [-0.2, -0.15) is 8.78 Å². The number of nitrogens with zero attached hydrogens (tertiary/aromatic N) is 4. The molecule has 1 heterocycles. The molecular weight excluding hydrogens is 322 g/mol. The molecule has 0 bridgehead atoms. The van der Waals surface area contributed by atoms with Crippen molar-refractivity contribution < 1.29 is 18.5 Å². The summed E-state index contributed by atoms with van der Waals surface area (Å²) in [6.07, 6.45) is 5.01. The number of alkyl halides is 2. The van der Waals surface area contributed by atoms with Crippen LogP contribution in [0.15, 0.2) is 42.7 Å². The van der Waals surface area contributed by atoms with Gasteiger partial charge < -0.3 is 4.90 Å². The molecule has 0 radical (unpaired) electrons. The van der Waals surface area contributed by atoms with Gasteiger partial charge in [-0.15, -0.1) is 0 Å². The molecule has 0 atom stereocenters. The Hall–Kier alpha value is -3.10. The van der Waals surface area contributed by atoms with Crippen LogP contribution in [0.1, 0.15) is 17.9 Å². The molecule has 1 aromatic carbocycles. The van der Waals surface area contributed by atoms with Crippen molar-refractivity contribution in [2.24, 2.45) is 0 Å². The lowest BCUT2D eigenvalue weighted by molar-refractivity contribution is -0.384. The van der Waals surface area contributed by atoms with E-state index in [2.05, 4.69) is 4.98 Å². The van der Waals surface area contributed by atoms with Crippen molar-refractivity contribution in [3.63, 3.8) is 0 Å². The first kappa shape index (κ1) is 17.3. The first-order chi connectivity index (χ1) is 11.4. The number of benzene rings is 1. The van der Waals surface area contributed by atoms with Crippen LogP contribution in [-0.4, -0.2) is 32.3 Å². The molecule has 0 fully saturated rings. The topological polar surface area (TPSA) is 81.3 Å². The maximum absolute atomic E-state index is 12.7. The summed E-state index contributed by atoms with van der Waals surface area (Å²) in [5, 5.41) is 10.7. The largest absolute Gasteiger partial charge is 0.335 e. The highest BCUT2D eigenvalue weighted by Gasteiger charge is 2.15. The highest BCUT2D eigenvalue weighted by molar-refractivity contribution is 5.91. The quantitative estimate of drug-likeness (QED) is 0.461. The lowest BCUT2D eigenvalue weighted by Crippen LogP contribution is -2.26. The van der Waals surface area contributed by atoms with E-state index in [0.29, 0.717) is 10.1 Å². The monoisotopic (exact) mass is 336 g/mol. The second kappa shape index (κ2) is 7.44. The molecular formula is C15H14F2N4O3. The number of hydrogen-bond acceptors (Lipinski definition) is 4. The van der Waals surface area contributed by atoms with E-state index in [-0.39, 0.29) is 18.1 Å². The summed E-state index contributed by atoms with van der Waals surface area (Å²) in [5.74, 6) is -0.380. The van der Waals surface area contributed by atoms with Gasteiger partial charge >= 0.3 is 6.55 Å². The van der Waals surface area contributed by atoms with E-state index in [4.69, 9.17) is 0 Å². The van der Waals surface area contributed by atoms with E-state index >= 15 is 0 Å². The fraction of sp³-hybridized carbons (Fsp3) is 0.200. The SMILES string of the molecule is CN(Cc1nccn1C(F)F)C(=O)/C=C/c1cccc([N+](=O)[O-])c1. The van der Waals surface area contributed by atoms with Crippen molar-refractivity contribution in [2.45, 2.75) is 13.1 Å². The van der Waals surface area contributed by atoms with Gasteiger partial charge in [0.1, 0.15) is 5.82 Å². The van der Waals surface area contributed by atoms with Gasteiger partial charge in [-0.05, 0) is 11.6 Å². The van der Waals surface area contributed by atoms with Crippen molar-refractivity contribution in [1.82, 2.24) is 14.5 Å². The Morgan fingerprint density at radius 3 is 2.92 bits per heavy atom. The van der Waals surface area contributed by atoms with Crippen LogP contribution in [-0.2, 0) is 11.3 Å². The molecule has 0 unspecified atom stereocenters. The van der Waals surface area contributed by atoms with Crippen molar-refractivity contribution >= 4 is 17.7 Å². The highest BCUT2D eigenvalue weighted by Crippen LogP contribution is 2.15. The van der Waals surface area contributed by atoms with E-state index < -0.39 is 17.4 Å². The van der Waals surface area contributed by atoms with E-state index in [1.807, 2.05) is 0 Å². The number of rotatable bonds is 6. The van der Waals surface area contributed by atoms with Crippen LogP contribution >= 0.6 is 0 Å². The minimum absolute atomic E-state index is 0.0598. The molecule has 0 N–H and O–H groups in total. The average Bonchev–Trinajstić information content (AvgIpc) is 3.01. The van der Waals surface area contributed by atoms with Gasteiger partial charge in [0.05, 0.1) is 11.5 Å². The summed E-state index contributed by atoms with van der Waals surface area (Å²) in [7, 11) is 1.45. The van der Waals surface area contributed by atoms with Crippen LogP contribution in [0, 0.1) is 10.1 Å². The van der Waals surface area contributed by atoms with E-state index in [1.165, 1.54) is 48.5 Å². The number of carbonyl (C=O) groups is 1. The Morgan fingerprint density at radius 2 is 2.25 bits per heavy atom. The molecule has 1 amide bonds. The lowest BCUT2D eigenvalue weighted by Gasteiger charge is -2.15. The number of hydrogen-bond donors (Lipinski definition) is 0. The number of nitro benzene ring substituents is 1. The summed E-state index contributed by atoms with van der Waals surface area (Å²) < 4.78 is 26.1. The predicted molar refractivity (Wildman–Crippen MR) is 82.1 cm³/mol. The summed E-state index contributed by atoms with van der Waals surface area (Å²) in [6, 6.07) is 5.79. The molecule has 2 aromatic rings. The molecule has 0 aliphatic rings. The van der Waals surface area contributed by atoms with E-state index in [1.54, 1.807) is 6.07 Å². The Labute approximate surface area is 136 Å². The second-order valence-corrected chi connectivity index (χ2v) is 4.91. The number of imidazole rings is 1. The van der Waals surface area contributed by atoms with Crippen LogP contribution in [0.2, 0.25) is 0 Å². The Balaban J connectivity index is 2.04. The molecule has 0 saturated carbocycles. The molecule has 2 rings (SSSR count). The fourth-order valence-electron chi connectivity index (χ4n) is 1.97. The third-order valence-electron chi connectivity index (χ3n) is 3.21. The van der Waals surface area contributed by atoms with Crippen molar-refractivity contribution in [2.75, 3.05) is 7.05 Å². The number of amides is 1. The molecule has 0 aliphatic carbocycles. The number of carbonyl (C=O) groups excluding carboxylic acids is 1. The maximum Gasteiger partial charge on any atom is 0.319 e. The Kier molecular flexibility index (Phi) is 5.35. The number of likely N-dealkylation sites (N-methyl/N-ethyl adjacent to an activating group) is 1. The Bertz CT molecular complexity index is 774. The summed E-state index contributed by atoms with van der Waals surface area (Å²) in [5.41, 5.74) is 0.400. The van der Waals surface area contributed by atoms with Gasteiger partial charge in [-0.25, -0.2) is 4.98 Å². The minimum atomic E-state index is -2.73. The van der Waals surface area contributed by atoms with Crippen LogP contribution < -0.4 is 0 Å². The summed E-state index contributed by atoms with van der Waals surface area (Å²) in [4.78, 5) is 27.2. The van der Waals surface area contributed by atoms with Gasteiger partial charge in [-0.1, -0.05) is 12.1 Å². The third kappa shape index (κ3) is 4.22. The van der Waals surface area contributed by atoms with E-state index in [0.717, 1.165) is 6.20 Å². The van der Waals surface area contributed by atoms with Crippen LogP contribution in [0.4, 0.5) is 14.5 Å². The molecule has 0 spiro atoms. The smallest absolute Gasteiger partial charge is 0.319 e. The first-order valence-corrected chi connectivity index (χ1v) is 6.86. The highest BCUT2D eigenvalue weighted by atomic mass is 19.3. The van der Waals surface area contributed by atoms with Gasteiger partial charge in [0, 0.05) is 37.7 Å². The van der Waals surface area contributed by atoms with Crippen molar-refractivity contribution in [3.05, 3.63) is 64.2 Å². The average molecular weight is 336 g/mol. The van der Waals surface area contributed by atoms with Crippen LogP contribution in [0.3, 0.4) is 0 Å². The molecule has 24 heavy (non-hydrogen) atoms. The van der Waals surface area contributed by atoms with Gasteiger partial charge in [0.25, 0.3) is 5.69 Å². The second-order valence-electron chi connectivity index (χ2n) is 4.91. The lowest BCUT2D eigenvalue weighted by atomic mass is 10.2. The number of halogens is 2. The maximum atomic E-state index is 12.7. The molecule has 1 aromatic heterocycles.